The Labute approximate surface area is 87.4 Å². The highest BCUT2D eigenvalue weighted by Gasteiger charge is 2.24. The van der Waals surface area contributed by atoms with Crippen molar-refractivity contribution < 1.29 is 4.18 Å². The van der Waals surface area contributed by atoms with Crippen LogP contribution >= 0.6 is 0 Å². The van der Waals surface area contributed by atoms with Gasteiger partial charge >= 0.3 is 0 Å². The summed E-state index contributed by atoms with van der Waals surface area (Å²) in [7, 11) is -1.44. The zero-order chi connectivity index (χ0) is 8.65. The Morgan fingerprint density at radius 1 is 1.45 bits per heavy atom. The molecule has 1 fully saturated rings. The summed E-state index contributed by atoms with van der Waals surface area (Å²) in [6.07, 6.45) is 0.272. The first-order valence-electron chi connectivity index (χ1n) is 2.68. The highest BCUT2D eigenvalue weighted by Crippen LogP contribution is 2.17. The molecule has 11 heavy (non-hydrogen) atoms. The number of hydrogen-bond donors (Lipinski definition) is 0. The van der Waals surface area contributed by atoms with Crippen LogP contribution < -0.4 is 0 Å². The van der Waals surface area contributed by atoms with Crippen LogP contribution in [0.2, 0.25) is 0 Å². The Morgan fingerprint density at radius 3 is 2.18 bits per heavy atom. The minimum absolute atomic E-state index is 0.272. The average Bonchev–Trinajstić information content (AvgIpc) is 1.83. The van der Waals surface area contributed by atoms with Crippen molar-refractivity contribution in [2.75, 3.05) is 5.75 Å². The molecule has 1 heterocycles. The lowest BCUT2D eigenvalue weighted by molar-refractivity contribution is 0.242. The molecule has 1 rings (SSSR count). The molecule has 1 nitrogen and oxygen atoms in total. The highest BCUT2D eigenvalue weighted by atomic mass is 33.5. The fourth-order valence-corrected chi connectivity index (χ4v) is 16.4. The predicted molar refractivity (Wildman–Crippen MR) is 67.0 cm³/mol. The van der Waals surface area contributed by atoms with Gasteiger partial charge in [0, 0.05) is 7.43 Å². The van der Waals surface area contributed by atoms with Crippen LogP contribution in [0.15, 0.2) is 0 Å². The van der Waals surface area contributed by atoms with Gasteiger partial charge in [-0.15, -0.1) is 0 Å². The summed E-state index contributed by atoms with van der Waals surface area (Å²) in [5.74, 6) is 0.908. The lowest BCUT2D eigenvalue weighted by atomic mass is 10.5. The van der Waals surface area contributed by atoms with E-state index in [4.69, 9.17) is 48.9 Å². The molecule has 1 saturated heterocycles. The van der Waals surface area contributed by atoms with E-state index >= 15 is 0 Å². The smallest absolute Gasteiger partial charge is 0.0817 e. The van der Waals surface area contributed by atoms with E-state index < -0.39 is 20.6 Å². The molecule has 8 heteroatoms. The van der Waals surface area contributed by atoms with Crippen LogP contribution in [0.4, 0.5) is 0 Å². The van der Waals surface area contributed by atoms with Gasteiger partial charge < -0.3 is 4.18 Å². The van der Waals surface area contributed by atoms with Crippen molar-refractivity contribution in [2.24, 2.45) is 0 Å². The Bertz CT molecular complexity index is 464. The summed E-state index contributed by atoms with van der Waals surface area (Å²) in [4.78, 5) is 0. The maximum Gasteiger partial charge on any atom is 0.0817 e. The first-order chi connectivity index (χ1) is 4.96. The zero-order valence-corrected chi connectivity index (χ0v) is 11.3. The monoisotopic (exact) mass is 282 g/mol. The molecule has 0 N–H and O–H groups in total. The van der Waals surface area contributed by atoms with Gasteiger partial charge in [0.2, 0.25) is 0 Å². The van der Waals surface area contributed by atoms with Crippen LogP contribution in [0.25, 0.3) is 0 Å². The minimum Gasteiger partial charge on any atom is -0.306 e. The van der Waals surface area contributed by atoms with Crippen molar-refractivity contribution in [1.82, 2.24) is 0 Å². The van der Waals surface area contributed by atoms with Crippen LogP contribution in [-0.4, -0.2) is 11.9 Å². The van der Waals surface area contributed by atoms with Gasteiger partial charge in [0.15, 0.2) is 0 Å². The van der Waals surface area contributed by atoms with E-state index in [0.717, 1.165) is 5.75 Å². The fraction of sp³-hybridized carbons (Fsp3) is 1.00. The molecular weight excluding hydrogens is 277 g/mol. The predicted octanol–water partition coefficient (Wildman–Crippen LogP) is 0.388. The standard InChI is InChI=1S/C3H6OS7/c1-3-2-11(8,4-3)10(7)9(5)6/h3H,2H2,1H3. The molecule has 0 aromatic heterocycles. The minimum atomic E-state index is -1.44. The van der Waals surface area contributed by atoms with Crippen molar-refractivity contribution in [3.05, 3.63) is 0 Å². The fourth-order valence-electron chi connectivity index (χ4n) is 0.702. The van der Waals surface area contributed by atoms with E-state index in [1.165, 1.54) is 0 Å². The van der Waals surface area contributed by atoms with Crippen molar-refractivity contribution in [1.29, 1.82) is 0 Å². The van der Waals surface area contributed by atoms with Gasteiger partial charge in [0.1, 0.15) is 0 Å². The van der Waals surface area contributed by atoms with E-state index in [1.54, 1.807) is 0 Å². The first-order valence-corrected chi connectivity index (χ1v) is 11.6. The third-order valence-corrected chi connectivity index (χ3v) is 21.1. The molecule has 0 aliphatic carbocycles. The molecule has 2 atom stereocenters. The molecule has 0 aromatic rings. The summed E-state index contributed by atoms with van der Waals surface area (Å²) in [6, 6.07) is 0. The first kappa shape index (κ1) is 10.7. The second-order valence-corrected chi connectivity index (χ2v) is 18.2. The second kappa shape index (κ2) is 3.79. The van der Waals surface area contributed by atoms with Crippen molar-refractivity contribution in [3.63, 3.8) is 0 Å². The average molecular weight is 283 g/mol. The summed E-state index contributed by atoms with van der Waals surface area (Å²) in [6.45, 7) is 0.969. The maximum atomic E-state index is 5.43. The molecule has 0 spiro atoms. The second-order valence-electron chi connectivity index (χ2n) is 2.04. The lowest BCUT2D eigenvalue weighted by Gasteiger charge is -2.29. The quantitative estimate of drug-likeness (QED) is 0.634. The van der Waals surface area contributed by atoms with E-state index in [0.29, 0.717) is 0 Å². The molecule has 0 bridgehead atoms. The Balaban J connectivity index is 3.58. The summed E-state index contributed by atoms with van der Waals surface area (Å²) in [5, 5.41) is 0. The molecule has 0 radical (unpaired) electrons. The molecular formula is C3H6OS7. The largest absolute Gasteiger partial charge is 0.306 e. The third kappa shape index (κ3) is 2.31. The zero-order valence-electron chi connectivity index (χ0n) is 5.55. The Morgan fingerprint density at radius 2 is 1.91 bits per heavy atom. The Kier molecular flexibility index (Phi) is 3.69. The highest BCUT2D eigenvalue weighted by molar-refractivity contribution is 8.87. The molecule has 0 saturated carbocycles. The van der Waals surface area contributed by atoms with Crippen molar-refractivity contribution >= 4 is 65.3 Å². The van der Waals surface area contributed by atoms with Gasteiger partial charge in [-0.05, 0) is 64.8 Å². The van der Waals surface area contributed by atoms with Crippen LogP contribution in [-0.2, 0) is 69.5 Å². The normalized spacial score (nSPS) is 35.9. The van der Waals surface area contributed by atoms with Gasteiger partial charge in [-0.3, -0.25) is 0 Å². The van der Waals surface area contributed by atoms with Crippen LogP contribution in [0.3, 0.4) is 0 Å². The molecule has 2 unspecified atom stereocenters. The molecule has 1 aliphatic heterocycles. The summed E-state index contributed by atoms with van der Waals surface area (Å²) in [5.41, 5.74) is 0. The molecule has 0 amide bonds. The topological polar surface area (TPSA) is 9.23 Å². The van der Waals surface area contributed by atoms with Crippen LogP contribution in [0.5, 0.6) is 0 Å². The van der Waals surface area contributed by atoms with E-state index in [-0.39, 0.29) is 6.10 Å². The van der Waals surface area contributed by atoms with Crippen LogP contribution in [0.1, 0.15) is 6.92 Å². The van der Waals surface area contributed by atoms with Crippen molar-refractivity contribution in [3.8, 4) is 0 Å². The summed E-state index contributed by atoms with van der Waals surface area (Å²) >= 11 is 20.2. The summed E-state index contributed by atoms with van der Waals surface area (Å²) < 4.78 is 5.43. The van der Waals surface area contributed by atoms with Gasteiger partial charge in [-0.1, -0.05) is 0 Å². The van der Waals surface area contributed by atoms with E-state index in [1.807, 2.05) is 6.92 Å². The molecule has 1 aliphatic rings. The molecule has 66 valence electrons. The van der Waals surface area contributed by atoms with Gasteiger partial charge in [-0.2, -0.15) is 0 Å². The SMILES string of the molecule is CC1CS(=S)(=S(=S)=S(=S)=S)O1. The van der Waals surface area contributed by atoms with Gasteiger partial charge in [-0.25, -0.2) is 0 Å². The maximum absolute atomic E-state index is 5.43. The number of hydrogen-bond acceptors (Lipinski definition) is 5. The van der Waals surface area contributed by atoms with Gasteiger partial charge in [0.05, 0.1) is 11.9 Å². The Hall–Kier alpha value is 1.63. The van der Waals surface area contributed by atoms with Crippen molar-refractivity contribution in [2.45, 2.75) is 13.0 Å². The van der Waals surface area contributed by atoms with Gasteiger partial charge in [0.25, 0.3) is 0 Å². The lowest BCUT2D eigenvalue weighted by Crippen LogP contribution is -2.35. The third-order valence-electron chi connectivity index (χ3n) is 1.07. The number of rotatable bonds is 0. The van der Waals surface area contributed by atoms with E-state index in [2.05, 4.69) is 0 Å². The van der Waals surface area contributed by atoms with E-state index in [9.17, 15) is 0 Å². The molecule has 0 aromatic carbocycles. The van der Waals surface area contributed by atoms with Crippen LogP contribution in [0, 0.1) is 0 Å².